The van der Waals surface area contributed by atoms with Gasteiger partial charge in [0.2, 0.25) is 10.0 Å². The number of nitriles is 1. The molecule has 0 saturated carbocycles. The van der Waals surface area contributed by atoms with Gasteiger partial charge in [0.05, 0.1) is 6.07 Å². The molecule has 0 aliphatic rings. The second-order valence-electron chi connectivity index (χ2n) is 3.83. The van der Waals surface area contributed by atoms with Crippen molar-refractivity contribution in [3.8, 4) is 6.07 Å². The highest BCUT2D eigenvalue weighted by Crippen LogP contribution is 2.10. The maximum absolute atomic E-state index is 11.5. The fourth-order valence-electron chi connectivity index (χ4n) is 1.37. The van der Waals surface area contributed by atoms with E-state index in [2.05, 4.69) is 4.72 Å². The predicted octanol–water partition coefficient (Wildman–Crippen LogP) is 0.617. The van der Waals surface area contributed by atoms with Crippen LogP contribution in [-0.2, 0) is 10.0 Å². The molecule has 0 aliphatic heterocycles. The van der Waals surface area contributed by atoms with Crippen LogP contribution in [0.5, 0.6) is 0 Å². The third kappa shape index (κ3) is 5.45. The molecular formula is C10H20N2O3S. The SMILES string of the molecule is CCCC(CCO)CNS(=O)(=O)C(C)C#N. The fourth-order valence-corrected chi connectivity index (χ4v) is 2.22. The fraction of sp³-hybridized carbons (Fsp3) is 0.900. The number of hydrogen-bond acceptors (Lipinski definition) is 4. The standard InChI is InChI=1S/C10H20N2O3S/c1-3-4-10(5-6-13)8-12-16(14,15)9(2)7-11/h9-10,12-13H,3-6,8H2,1-2H3. The van der Waals surface area contributed by atoms with E-state index in [4.69, 9.17) is 10.4 Å². The Labute approximate surface area is 97.5 Å². The summed E-state index contributed by atoms with van der Waals surface area (Å²) in [6, 6.07) is 1.69. The van der Waals surface area contributed by atoms with E-state index in [9.17, 15) is 8.42 Å². The molecule has 6 heteroatoms. The Hall–Kier alpha value is -0.640. The van der Waals surface area contributed by atoms with Gasteiger partial charge in [0.1, 0.15) is 0 Å². The predicted molar refractivity (Wildman–Crippen MR) is 62.1 cm³/mol. The van der Waals surface area contributed by atoms with E-state index in [1.165, 1.54) is 6.92 Å². The van der Waals surface area contributed by atoms with Gasteiger partial charge in [-0.3, -0.25) is 0 Å². The summed E-state index contributed by atoms with van der Waals surface area (Å²) in [5.41, 5.74) is 0. The lowest BCUT2D eigenvalue weighted by molar-refractivity contribution is 0.251. The van der Waals surface area contributed by atoms with Crippen LogP contribution in [0.4, 0.5) is 0 Å². The summed E-state index contributed by atoms with van der Waals surface area (Å²) in [6.45, 7) is 3.71. The summed E-state index contributed by atoms with van der Waals surface area (Å²) in [6.07, 6.45) is 2.39. The zero-order chi connectivity index (χ0) is 12.6. The number of aliphatic hydroxyl groups is 1. The zero-order valence-electron chi connectivity index (χ0n) is 9.81. The van der Waals surface area contributed by atoms with E-state index in [-0.39, 0.29) is 12.5 Å². The molecule has 0 radical (unpaired) electrons. The van der Waals surface area contributed by atoms with Crippen molar-refractivity contribution >= 4 is 10.0 Å². The molecule has 5 nitrogen and oxygen atoms in total. The topological polar surface area (TPSA) is 90.2 Å². The normalized spacial score (nSPS) is 15.4. The molecule has 16 heavy (non-hydrogen) atoms. The van der Waals surface area contributed by atoms with Gasteiger partial charge >= 0.3 is 0 Å². The molecule has 0 aromatic carbocycles. The number of hydrogen-bond donors (Lipinski definition) is 2. The Morgan fingerprint density at radius 1 is 1.44 bits per heavy atom. The van der Waals surface area contributed by atoms with Crippen molar-refractivity contribution < 1.29 is 13.5 Å². The van der Waals surface area contributed by atoms with Crippen molar-refractivity contribution in [2.75, 3.05) is 13.2 Å². The van der Waals surface area contributed by atoms with Gasteiger partial charge in [0, 0.05) is 13.2 Å². The highest BCUT2D eigenvalue weighted by Gasteiger charge is 2.20. The van der Waals surface area contributed by atoms with Gasteiger partial charge in [-0.15, -0.1) is 0 Å². The number of rotatable bonds is 8. The minimum atomic E-state index is -3.53. The quantitative estimate of drug-likeness (QED) is 0.658. The molecule has 0 amide bonds. The van der Waals surface area contributed by atoms with Crippen LogP contribution in [0.3, 0.4) is 0 Å². The lowest BCUT2D eigenvalue weighted by Crippen LogP contribution is -2.35. The molecule has 0 saturated heterocycles. The molecule has 0 bridgehead atoms. The van der Waals surface area contributed by atoms with Gasteiger partial charge in [-0.25, -0.2) is 13.1 Å². The lowest BCUT2D eigenvalue weighted by Gasteiger charge is -2.16. The molecule has 2 atom stereocenters. The van der Waals surface area contributed by atoms with Crippen molar-refractivity contribution in [2.45, 2.75) is 38.4 Å². The van der Waals surface area contributed by atoms with Crippen LogP contribution in [-0.4, -0.2) is 31.9 Å². The van der Waals surface area contributed by atoms with Gasteiger partial charge in [-0.05, 0) is 25.7 Å². The zero-order valence-corrected chi connectivity index (χ0v) is 10.6. The van der Waals surface area contributed by atoms with Crippen LogP contribution in [0, 0.1) is 17.2 Å². The smallest absolute Gasteiger partial charge is 0.227 e. The second kappa shape index (κ2) is 7.60. The van der Waals surface area contributed by atoms with Gasteiger partial charge < -0.3 is 5.11 Å². The monoisotopic (exact) mass is 248 g/mol. The summed E-state index contributed by atoms with van der Waals surface area (Å²) in [4.78, 5) is 0. The third-order valence-electron chi connectivity index (χ3n) is 2.45. The molecule has 2 N–H and O–H groups in total. The van der Waals surface area contributed by atoms with Crippen LogP contribution >= 0.6 is 0 Å². The summed E-state index contributed by atoms with van der Waals surface area (Å²) in [7, 11) is -3.53. The van der Waals surface area contributed by atoms with E-state index in [1.807, 2.05) is 6.92 Å². The van der Waals surface area contributed by atoms with Crippen molar-refractivity contribution in [3.05, 3.63) is 0 Å². The van der Waals surface area contributed by atoms with Crippen LogP contribution in [0.1, 0.15) is 33.1 Å². The first-order valence-electron chi connectivity index (χ1n) is 5.46. The maximum Gasteiger partial charge on any atom is 0.227 e. The summed E-state index contributed by atoms with van der Waals surface area (Å²) in [5, 5.41) is 16.3. The Balaban J connectivity index is 4.25. The number of nitrogens with one attached hydrogen (secondary N) is 1. The molecule has 0 fully saturated rings. The van der Waals surface area contributed by atoms with E-state index < -0.39 is 15.3 Å². The maximum atomic E-state index is 11.5. The molecule has 0 heterocycles. The van der Waals surface area contributed by atoms with Crippen LogP contribution in [0.15, 0.2) is 0 Å². The minimum absolute atomic E-state index is 0.0558. The summed E-state index contributed by atoms with van der Waals surface area (Å²) >= 11 is 0. The first-order chi connectivity index (χ1) is 7.47. The van der Waals surface area contributed by atoms with Gasteiger partial charge in [0.25, 0.3) is 0 Å². The van der Waals surface area contributed by atoms with Gasteiger partial charge in [0.15, 0.2) is 5.25 Å². The Bertz CT molecular complexity index is 315. The van der Waals surface area contributed by atoms with E-state index >= 15 is 0 Å². The van der Waals surface area contributed by atoms with E-state index in [0.29, 0.717) is 13.0 Å². The van der Waals surface area contributed by atoms with Crippen molar-refractivity contribution in [1.82, 2.24) is 4.72 Å². The first-order valence-corrected chi connectivity index (χ1v) is 7.01. The van der Waals surface area contributed by atoms with Gasteiger partial charge in [-0.2, -0.15) is 5.26 Å². The highest BCUT2D eigenvalue weighted by atomic mass is 32.2. The first kappa shape index (κ1) is 15.4. The van der Waals surface area contributed by atoms with Crippen LogP contribution in [0.2, 0.25) is 0 Å². The Kier molecular flexibility index (Phi) is 7.30. The molecular weight excluding hydrogens is 228 g/mol. The Morgan fingerprint density at radius 2 is 2.06 bits per heavy atom. The van der Waals surface area contributed by atoms with Crippen molar-refractivity contribution in [1.29, 1.82) is 5.26 Å². The summed E-state index contributed by atoms with van der Waals surface area (Å²) in [5.74, 6) is 0.135. The second-order valence-corrected chi connectivity index (χ2v) is 5.92. The van der Waals surface area contributed by atoms with E-state index in [0.717, 1.165) is 12.8 Å². The largest absolute Gasteiger partial charge is 0.396 e. The lowest BCUT2D eigenvalue weighted by atomic mass is 10.0. The molecule has 0 spiro atoms. The van der Waals surface area contributed by atoms with Crippen LogP contribution in [0.25, 0.3) is 0 Å². The molecule has 0 aromatic heterocycles. The Morgan fingerprint density at radius 3 is 2.50 bits per heavy atom. The average molecular weight is 248 g/mol. The minimum Gasteiger partial charge on any atom is -0.396 e. The van der Waals surface area contributed by atoms with Crippen molar-refractivity contribution in [3.63, 3.8) is 0 Å². The molecule has 94 valence electrons. The highest BCUT2D eigenvalue weighted by molar-refractivity contribution is 7.90. The van der Waals surface area contributed by atoms with Crippen LogP contribution < -0.4 is 4.72 Å². The molecule has 0 aromatic rings. The average Bonchev–Trinajstić information content (AvgIpc) is 2.25. The number of nitrogens with zero attached hydrogens (tertiary/aromatic N) is 1. The number of sulfonamides is 1. The summed E-state index contributed by atoms with van der Waals surface area (Å²) < 4.78 is 25.4. The van der Waals surface area contributed by atoms with E-state index in [1.54, 1.807) is 6.07 Å². The number of aliphatic hydroxyl groups excluding tert-OH is 1. The third-order valence-corrected chi connectivity index (χ3v) is 4.06. The van der Waals surface area contributed by atoms with Gasteiger partial charge in [-0.1, -0.05) is 13.3 Å². The van der Waals surface area contributed by atoms with Crippen molar-refractivity contribution in [2.24, 2.45) is 5.92 Å². The molecule has 2 unspecified atom stereocenters. The molecule has 0 aliphatic carbocycles. The molecule has 0 rings (SSSR count).